The first-order chi connectivity index (χ1) is 9.20. The van der Waals surface area contributed by atoms with E-state index in [1.807, 2.05) is 25.2 Å². The number of aromatic amines is 1. The summed E-state index contributed by atoms with van der Waals surface area (Å²) in [4.78, 5) is 7.10. The molecule has 0 fully saturated rings. The minimum atomic E-state index is 0.772. The number of aromatic nitrogens is 2. The Labute approximate surface area is 115 Å². The number of imidazole rings is 1. The third-order valence-electron chi connectivity index (χ3n) is 2.77. The molecule has 92 valence electrons. The summed E-state index contributed by atoms with van der Waals surface area (Å²) >= 11 is 0. The van der Waals surface area contributed by atoms with E-state index >= 15 is 0 Å². The molecule has 0 spiro atoms. The Bertz CT molecular complexity index is 601. The second-order valence-corrected chi connectivity index (χ2v) is 4.28. The normalized spacial score (nSPS) is 12.5. The summed E-state index contributed by atoms with van der Waals surface area (Å²) in [5.41, 5.74) is 5.04. The van der Waals surface area contributed by atoms with Crippen LogP contribution in [0, 0.1) is 0 Å². The molecular formula is C16H15BN2. The highest BCUT2D eigenvalue weighted by Crippen LogP contribution is 2.21. The van der Waals surface area contributed by atoms with Crippen LogP contribution in [0.15, 0.2) is 67.1 Å². The van der Waals surface area contributed by atoms with Gasteiger partial charge in [-0.2, -0.15) is 0 Å². The zero-order valence-corrected chi connectivity index (χ0v) is 10.9. The Balaban J connectivity index is 2.29. The van der Waals surface area contributed by atoms with E-state index in [9.17, 15) is 0 Å². The lowest BCUT2D eigenvalue weighted by molar-refractivity contribution is 1.31. The van der Waals surface area contributed by atoms with Crippen molar-refractivity contribution in [2.45, 2.75) is 6.92 Å². The molecule has 0 atom stereocenters. The summed E-state index contributed by atoms with van der Waals surface area (Å²) in [6.45, 7) is 5.69. The fourth-order valence-corrected chi connectivity index (χ4v) is 1.76. The lowest BCUT2D eigenvalue weighted by Crippen LogP contribution is -1.83. The molecule has 0 bridgehead atoms. The predicted molar refractivity (Wildman–Crippen MR) is 81.7 cm³/mol. The zero-order chi connectivity index (χ0) is 13.7. The first-order valence-electron chi connectivity index (χ1n) is 6.06. The monoisotopic (exact) mass is 246 g/mol. The molecule has 19 heavy (non-hydrogen) atoms. The number of H-pyrrole nitrogens is 1. The number of hydrogen-bond acceptors (Lipinski definition) is 1. The van der Waals surface area contributed by atoms with Gasteiger partial charge in [0.15, 0.2) is 0 Å². The molecule has 1 heterocycles. The van der Waals surface area contributed by atoms with E-state index < -0.39 is 0 Å². The van der Waals surface area contributed by atoms with Crippen LogP contribution in [0.4, 0.5) is 0 Å². The highest BCUT2D eigenvalue weighted by atomic mass is 14.9. The largest absolute Gasteiger partial charge is 0.345 e. The average Bonchev–Trinajstić information content (AvgIpc) is 2.94. The van der Waals surface area contributed by atoms with Crippen molar-refractivity contribution in [1.82, 2.24) is 9.97 Å². The van der Waals surface area contributed by atoms with Gasteiger partial charge >= 0.3 is 0 Å². The van der Waals surface area contributed by atoms with Crippen LogP contribution in [0.25, 0.3) is 16.8 Å². The second-order valence-electron chi connectivity index (χ2n) is 4.28. The number of hydrogen-bond donors (Lipinski definition) is 1. The Morgan fingerprint density at radius 3 is 2.53 bits per heavy atom. The maximum Gasteiger partial charge on any atom is 0.107 e. The lowest BCUT2D eigenvalue weighted by atomic mass is 9.96. The summed E-state index contributed by atoms with van der Waals surface area (Å²) in [6, 6.07) is 8.23. The van der Waals surface area contributed by atoms with E-state index in [4.69, 9.17) is 7.85 Å². The van der Waals surface area contributed by atoms with Crippen LogP contribution >= 0.6 is 0 Å². The Morgan fingerprint density at radius 2 is 2.00 bits per heavy atom. The zero-order valence-electron chi connectivity index (χ0n) is 10.9. The highest BCUT2D eigenvalue weighted by Gasteiger charge is 2.00. The summed E-state index contributed by atoms with van der Waals surface area (Å²) in [5, 5.41) is 0. The molecule has 0 aliphatic heterocycles. The first kappa shape index (κ1) is 13.2. The molecular weight excluding hydrogens is 231 g/mol. The van der Waals surface area contributed by atoms with Gasteiger partial charge in [0.2, 0.25) is 0 Å². The third-order valence-corrected chi connectivity index (χ3v) is 2.77. The number of benzene rings is 1. The SMILES string of the molecule is [B]/C(C)=C/C=C(\C=C)c1ccc(-c2cnc[nH]2)cc1. The van der Waals surface area contributed by atoms with Crippen LogP contribution < -0.4 is 0 Å². The van der Waals surface area contributed by atoms with Crippen LogP contribution in [0.5, 0.6) is 0 Å². The lowest BCUT2D eigenvalue weighted by Gasteiger charge is -2.03. The fraction of sp³-hybridized carbons (Fsp3) is 0.0625. The minimum Gasteiger partial charge on any atom is -0.345 e. The van der Waals surface area contributed by atoms with Crippen molar-refractivity contribution in [1.29, 1.82) is 0 Å². The first-order valence-corrected chi connectivity index (χ1v) is 6.06. The molecule has 3 heteroatoms. The average molecular weight is 246 g/mol. The van der Waals surface area contributed by atoms with E-state index in [0.29, 0.717) is 0 Å². The summed E-state index contributed by atoms with van der Waals surface area (Å²) < 4.78 is 0. The van der Waals surface area contributed by atoms with Gasteiger partial charge in [0, 0.05) is 0 Å². The number of rotatable bonds is 4. The van der Waals surface area contributed by atoms with Gasteiger partial charge in [-0.1, -0.05) is 56.0 Å². The van der Waals surface area contributed by atoms with Crippen molar-refractivity contribution in [2.24, 2.45) is 0 Å². The molecule has 1 N–H and O–H groups in total. The summed E-state index contributed by atoms with van der Waals surface area (Å²) in [5.74, 6) is 0. The van der Waals surface area contributed by atoms with Crippen molar-refractivity contribution in [3.8, 4) is 11.3 Å². The van der Waals surface area contributed by atoms with Crippen LogP contribution in [0.3, 0.4) is 0 Å². The minimum absolute atomic E-state index is 0.772. The maximum absolute atomic E-state index is 5.63. The van der Waals surface area contributed by atoms with Gasteiger partial charge in [-0.3, -0.25) is 0 Å². The van der Waals surface area contributed by atoms with E-state index in [0.717, 1.165) is 27.9 Å². The molecule has 2 aromatic rings. The fourth-order valence-electron chi connectivity index (χ4n) is 1.76. The molecule has 2 rings (SSSR count). The van der Waals surface area contributed by atoms with Crippen molar-refractivity contribution in [3.63, 3.8) is 0 Å². The van der Waals surface area contributed by atoms with Gasteiger partial charge in [-0.15, -0.1) is 5.47 Å². The van der Waals surface area contributed by atoms with E-state index in [1.54, 1.807) is 12.5 Å². The molecule has 2 nitrogen and oxygen atoms in total. The molecule has 2 radical (unpaired) electrons. The van der Waals surface area contributed by atoms with Crippen LogP contribution in [0.1, 0.15) is 12.5 Å². The molecule has 0 aliphatic rings. The van der Waals surface area contributed by atoms with Crippen molar-refractivity contribution >= 4 is 13.4 Å². The smallest absolute Gasteiger partial charge is 0.107 e. The Hall–Kier alpha value is -2.29. The van der Waals surface area contributed by atoms with Crippen LogP contribution in [0.2, 0.25) is 0 Å². The number of allylic oxidation sites excluding steroid dienone is 5. The molecule has 0 unspecified atom stereocenters. The maximum atomic E-state index is 5.63. The van der Waals surface area contributed by atoms with Gasteiger partial charge in [0.25, 0.3) is 0 Å². The predicted octanol–water partition coefficient (Wildman–Crippen LogP) is 3.72. The number of nitrogens with one attached hydrogen (secondary N) is 1. The molecule has 1 aromatic heterocycles. The van der Waals surface area contributed by atoms with E-state index in [2.05, 4.69) is 40.8 Å². The molecule has 0 saturated carbocycles. The topological polar surface area (TPSA) is 28.7 Å². The van der Waals surface area contributed by atoms with Crippen molar-refractivity contribution < 1.29 is 0 Å². The third kappa shape index (κ3) is 3.35. The van der Waals surface area contributed by atoms with Gasteiger partial charge < -0.3 is 4.98 Å². The van der Waals surface area contributed by atoms with Crippen molar-refractivity contribution in [3.05, 3.63) is 72.6 Å². The standard InChI is InChI=1S/C16H15BN2/c1-3-13(5-4-12(2)17)14-6-8-15(9-7-14)16-10-18-11-19-16/h3-11H,1H2,2H3,(H,18,19)/b12-4+,13-5+. The molecule has 0 saturated heterocycles. The van der Waals surface area contributed by atoms with Crippen molar-refractivity contribution in [2.75, 3.05) is 0 Å². The molecule has 0 aliphatic carbocycles. The summed E-state index contributed by atoms with van der Waals surface area (Å²) in [7, 11) is 5.63. The van der Waals surface area contributed by atoms with Gasteiger partial charge in [-0.05, 0) is 16.7 Å². The van der Waals surface area contributed by atoms with Gasteiger partial charge in [-0.25, -0.2) is 4.98 Å². The highest BCUT2D eigenvalue weighted by molar-refractivity contribution is 6.21. The Morgan fingerprint density at radius 1 is 1.26 bits per heavy atom. The van der Waals surface area contributed by atoms with Crippen LogP contribution in [-0.2, 0) is 0 Å². The van der Waals surface area contributed by atoms with Gasteiger partial charge in [0.05, 0.1) is 18.2 Å². The van der Waals surface area contributed by atoms with E-state index in [-0.39, 0.29) is 0 Å². The Kier molecular flexibility index (Phi) is 4.19. The van der Waals surface area contributed by atoms with Gasteiger partial charge in [0.1, 0.15) is 7.85 Å². The molecule has 1 aromatic carbocycles. The molecule has 0 amide bonds. The van der Waals surface area contributed by atoms with Crippen LogP contribution in [-0.4, -0.2) is 17.8 Å². The quantitative estimate of drug-likeness (QED) is 0.646. The van der Waals surface area contributed by atoms with E-state index in [1.165, 1.54) is 0 Å². The second kappa shape index (κ2) is 6.05. The number of nitrogens with zero attached hydrogens (tertiary/aromatic N) is 1. The summed E-state index contributed by atoms with van der Waals surface area (Å²) in [6.07, 6.45) is 9.14.